The smallest absolute Gasteiger partial charge is 0.281 e. The van der Waals surface area contributed by atoms with Crippen LogP contribution in [0.1, 0.15) is 64.6 Å². The van der Waals surface area contributed by atoms with Crippen molar-refractivity contribution >= 4 is 10.2 Å². The zero-order chi connectivity index (χ0) is 19.9. The lowest BCUT2D eigenvalue weighted by molar-refractivity contribution is 0.128. The van der Waals surface area contributed by atoms with Gasteiger partial charge in [-0.1, -0.05) is 19.9 Å². The van der Waals surface area contributed by atoms with Crippen LogP contribution in [-0.2, 0) is 10.2 Å². The van der Waals surface area contributed by atoms with E-state index in [0.717, 1.165) is 25.0 Å². The van der Waals surface area contributed by atoms with Gasteiger partial charge in [0.05, 0.1) is 0 Å². The van der Waals surface area contributed by atoms with Gasteiger partial charge in [-0.15, -0.1) is 0 Å². The Bertz CT molecular complexity index is 831. The van der Waals surface area contributed by atoms with Gasteiger partial charge in [0.1, 0.15) is 0 Å². The highest BCUT2D eigenvalue weighted by atomic mass is 32.2. The van der Waals surface area contributed by atoms with Crippen LogP contribution in [0.3, 0.4) is 0 Å². The van der Waals surface area contributed by atoms with Gasteiger partial charge in [0.25, 0.3) is 15.8 Å². The third-order valence-corrected chi connectivity index (χ3v) is 8.32. The summed E-state index contributed by atoms with van der Waals surface area (Å²) in [6, 6.07) is 5.45. The van der Waals surface area contributed by atoms with Crippen molar-refractivity contribution in [2.24, 2.45) is 11.8 Å². The molecule has 0 radical (unpaired) electrons. The van der Waals surface area contributed by atoms with E-state index < -0.39 is 10.2 Å². The highest BCUT2D eigenvalue weighted by Crippen LogP contribution is 2.44. The number of piperidine rings is 1. The zero-order valence-corrected chi connectivity index (χ0v) is 17.9. The van der Waals surface area contributed by atoms with Crippen LogP contribution in [0.5, 0.6) is 0 Å². The third kappa shape index (κ3) is 3.87. The van der Waals surface area contributed by atoms with Gasteiger partial charge in [0.15, 0.2) is 0 Å². The number of aromatic nitrogens is 1. The largest absolute Gasteiger partial charge is 0.309 e. The number of hydrogen-bond donors (Lipinski definition) is 0. The quantitative estimate of drug-likeness (QED) is 0.744. The van der Waals surface area contributed by atoms with Crippen LogP contribution in [0.2, 0.25) is 0 Å². The first-order valence-electron chi connectivity index (χ1n) is 10.1. The molecule has 0 aromatic carbocycles. The Morgan fingerprint density at radius 3 is 2.52 bits per heavy atom. The molecule has 2 bridgehead atoms. The van der Waals surface area contributed by atoms with Gasteiger partial charge < -0.3 is 4.57 Å². The van der Waals surface area contributed by atoms with Crippen molar-refractivity contribution in [3.63, 3.8) is 0 Å². The van der Waals surface area contributed by atoms with Crippen molar-refractivity contribution in [1.82, 2.24) is 13.2 Å². The predicted octanol–water partition coefficient (Wildman–Crippen LogP) is 2.83. The third-order valence-electron chi connectivity index (χ3n) is 6.22. The first kappa shape index (κ1) is 20.6. The average Bonchev–Trinajstić information content (AvgIpc) is 2.61. The zero-order valence-electron chi connectivity index (χ0n) is 17.1. The summed E-state index contributed by atoms with van der Waals surface area (Å²) >= 11 is 0. The van der Waals surface area contributed by atoms with Crippen LogP contribution < -0.4 is 5.56 Å². The summed E-state index contributed by atoms with van der Waals surface area (Å²) in [5.74, 6) is 0.829. The fraction of sp³-hybridized carbons (Fsp3) is 0.750. The molecule has 27 heavy (non-hydrogen) atoms. The summed E-state index contributed by atoms with van der Waals surface area (Å²) in [5.41, 5.74) is 1.05. The van der Waals surface area contributed by atoms with Gasteiger partial charge in [-0.3, -0.25) is 4.79 Å². The summed E-state index contributed by atoms with van der Waals surface area (Å²) in [7, 11) is -1.84. The molecule has 152 valence electrons. The summed E-state index contributed by atoms with van der Waals surface area (Å²) < 4.78 is 31.3. The Hall–Kier alpha value is -1.18. The number of hydrogen-bond acceptors (Lipinski definition) is 3. The highest BCUT2D eigenvalue weighted by Gasteiger charge is 2.44. The maximum Gasteiger partial charge on any atom is 0.281 e. The maximum atomic E-state index is 13.1. The minimum atomic E-state index is -3.49. The van der Waals surface area contributed by atoms with Crippen LogP contribution in [0.4, 0.5) is 0 Å². The Kier molecular flexibility index (Phi) is 5.85. The number of fused-ring (bicyclic) bond motifs is 4. The molecule has 1 aromatic rings. The lowest BCUT2D eigenvalue weighted by Gasteiger charge is -2.47. The van der Waals surface area contributed by atoms with Gasteiger partial charge in [-0.05, 0) is 51.0 Å². The molecule has 7 heteroatoms. The van der Waals surface area contributed by atoms with Crippen molar-refractivity contribution in [2.45, 2.75) is 65.0 Å². The second-order valence-electron chi connectivity index (χ2n) is 8.82. The minimum absolute atomic E-state index is 0.0477. The van der Waals surface area contributed by atoms with Crippen molar-refractivity contribution in [1.29, 1.82) is 0 Å². The molecule has 0 amide bonds. The Morgan fingerprint density at radius 1 is 1.19 bits per heavy atom. The molecule has 1 aromatic heterocycles. The van der Waals surface area contributed by atoms with E-state index in [0.29, 0.717) is 19.0 Å². The molecular formula is C20H33N3O3S. The van der Waals surface area contributed by atoms with Gasteiger partial charge in [0.2, 0.25) is 0 Å². The lowest BCUT2D eigenvalue weighted by Crippen LogP contribution is -2.54. The van der Waals surface area contributed by atoms with E-state index in [1.165, 1.54) is 4.31 Å². The second kappa shape index (κ2) is 7.68. The van der Waals surface area contributed by atoms with Gasteiger partial charge >= 0.3 is 0 Å². The summed E-state index contributed by atoms with van der Waals surface area (Å²) in [6.07, 6.45) is 2.91. The fourth-order valence-corrected chi connectivity index (χ4v) is 6.16. The van der Waals surface area contributed by atoms with Crippen molar-refractivity contribution in [3.05, 3.63) is 34.2 Å². The molecule has 0 unspecified atom stereocenters. The molecule has 3 rings (SSSR count). The van der Waals surface area contributed by atoms with Gasteiger partial charge in [-0.25, -0.2) is 0 Å². The molecule has 0 aliphatic carbocycles. The Balaban J connectivity index is 1.98. The van der Waals surface area contributed by atoms with Crippen molar-refractivity contribution < 1.29 is 8.42 Å². The SMILES string of the molecule is CC(C)CC[C@H]1[C@H]2C[C@H](CN(S(=O)(=O)N(C)C(C)C)C2)c2cccc(=O)n21. The van der Waals surface area contributed by atoms with E-state index in [2.05, 4.69) is 13.8 Å². The normalized spacial score (nSPS) is 26.0. The average molecular weight is 396 g/mol. The van der Waals surface area contributed by atoms with Crippen LogP contribution in [-0.4, -0.2) is 47.8 Å². The van der Waals surface area contributed by atoms with E-state index in [9.17, 15) is 13.2 Å². The number of pyridine rings is 1. The maximum absolute atomic E-state index is 13.1. The first-order chi connectivity index (χ1) is 12.6. The number of rotatable bonds is 6. The standard InChI is InChI=1S/C20H33N3O3S/c1-14(2)9-10-19-17-11-16(18-7-6-8-20(24)23(18)19)12-22(13-17)27(25,26)21(5)15(3)4/h6-8,14-17,19H,9-13H2,1-5H3/t16-,17+,19+/m1/s1. The molecule has 0 saturated carbocycles. The second-order valence-corrected chi connectivity index (χ2v) is 10.8. The van der Waals surface area contributed by atoms with Crippen LogP contribution in [0.15, 0.2) is 23.0 Å². The van der Waals surface area contributed by atoms with Crippen LogP contribution in [0, 0.1) is 11.8 Å². The molecule has 2 aliphatic rings. The molecule has 1 fully saturated rings. The van der Waals surface area contributed by atoms with E-state index in [4.69, 9.17) is 0 Å². The van der Waals surface area contributed by atoms with Crippen molar-refractivity contribution in [2.75, 3.05) is 20.1 Å². The Labute approximate surface area is 163 Å². The molecule has 6 nitrogen and oxygen atoms in total. The van der Waals surface area contributed by atoms with E-state index in [-0.39, 0.29) is 29.5 Å². The first-order valence-corrected chi connectivity index (χ1v) is 11.5. The van der Waals surface area contributed by atoms with Crippen molar-refractivity contribution in [3.8, 4) is 0 Å². The summed E-state index contributed by atoms with van der Waals surface area (Å²) in [4.78, 5) is 12.6. The van der Waals surface area contributed by atoms with E-state index >= 15 is 0 Å². The summed E-state index contributed by atoms with van der Waals surface area (Å²) in [6.45, 7) is 9.12. The molecule has 2 aliphatic heterocycles. The van der Waals surface area contributed by atoms with E-state index in [1.54, 1.807) is 17.4 Å². The molecule has 0 N–H and O–H groups in total. The van der Waals surface area contributed by atoms with Crippen LogP contribution in [0.25, 0.3) is 0 Å². The van der Waals surface area contributed by atoms with Crippen LogP contribution >= 0.6 is 0 Å². The van der Waals surface area contributed by atoms with Gasteiger partial charge in [-0.2, -0.15) is 17.0 Å². The van der Waals surface area contributed by atoms with Gasteiger partial charge in [0, 0.05) is 49.9 Å². The predicted molar refractivity (Wildman–Crippen MR) is 108 cm³/mol. The van der Waals surface area contributed by atoms with E-state index in [1.807, 2.05) is 30.5 Å². The highest BCUT2D eigenvalue weighted by molar-refractivity contribution is 7.86. The molecular weight excluding hydrogens is 362 g/mol. The molecule has 0 spiro atoms. The molecule has 3 atom stereocenters. The lowest BCUT2D eigenvalue weighted by atomic mass is 9.77. The fourth-order valence-electron chi connectivity index (χ4n) is 4.51. The Morgan fingerprint density at radius 2 is 1.89 bits per heavy atom. The minimum Gasteiger partial charge on any atom is -0.309 e. The number of nitrogens with zero attached hydrogens (tertiary/aromatic N) is 3. The topological polar surface area (TPSA) is 62.6 Å². The monoisotopic (exact) mass is 395 g/mol. The molecule has 3 heterocycles. The molecule has 1 saturated heterocycles. The summed E-state index contributed by atoms with van der Waals surface area (Å²) in [5, 5.41) is 0.